The van der Waals surface area contributed by atoms with Gasteiger partial charge in [0.15, 0.2) is 0 Å². The van der Waals surface area contributed by atoms with Gasteiger partial charge in [0.2, 0.25) is 10.0 Å². The Morgan fingerprint density at radius 2 is 1.26 bits per heavy atom. The van der Waals surface area contributed by atoms with Crippen molar-refractivity contribution in [3.8, 4) is 0 Å². The highest BCUT2D eigenvalue weighted by Crippen LogP contribution is 2.30. The molecule has 0 spiro atoms. The second-order valence-corrected chi connectivity index (χ2v) is 12.1. The average Bonchev–Trinajstić information content (AvgIpc) is 2.94. The topological polar surface area (TPSA) is 70.2 Å². The van der Waals surface area contributed by atoms with E-state index in [9.17, 15) is 13.2 Å². The molecule has 38 heavy (non-hydrogen) atoms. The number of hydrogen-bond donors (Lipinski definition) is 0. The molecule has 0 bridgehead atoms. The molecule has 3 aromatic carbocycles. The Bertz CT molecular complexity index is 1280. The molecule has 8 heteroatoms. The molecular formula is C30H35N3O4S. The molecule has 0 radical (unpaired) electrons. The van der Waals surface area contributed by atoms with Gasteiger partial charge in [-0.1, -0.05) is 60.7 Å². The molecule has 0 N–H and O–H groups in total. The van der Waals surface area contributed by atoms with E-state index in [-0.39, 0.29) is 29.1 Å². The number of nitrogens with zero attached hydrogens (tertiary/aromatic N) is 3. The van der Waals surface area contributed by atoms with Crippen LogP contribution in [-0.4, -0.2) is 79.9 Å². The zero-order valence-corrected chi connectivity index (χ0v) is 22.8. The number of rotatable bonds is 6. The second-order valence-electron chi connectivity index (χ2n) is 10.2. The van der Waals surface area contributed by atoms with Crippen LogP contribution in [0.3, 0.4) is 0 Å². The van der Waals surface area contributed by atoms with Crippen molar-refractivity contribution < 1.29 is 17.9 Å². The molecule has 0 saturated carbocycles. The van der Waals surface area contributed by atoms with E-state index in [0.29, 0.717) is 31.7 Å². The van der Waals surface area contributed by atoms with Crippen molar-refractivity contribution in [3.05, 3.63) is 102 Å². The third kappa shape index (κ3) is 5.68. The minimum absolute atomic E-state index is 0.0711. The van der Waals surface area contributed by atoms with Gasteiger partial charge in [-0.15, -0.1) is 0 Å². The molecule has 7 nitrogen and oxygen atoms in total. The van der Waals surface area contributed by atoms with Crippen LogP contribution in [-0.2, 0) is 14.8 Å². The van der Waals surface area contributed by atoms with Crippen molar-refractivity contribution in [2.24, 2.45) is 0 Å². The predicted molar refractivity (Wildman–Crippen MR) is 147 cm³/mol. The summed E-state index contributed by atoms with van der Waals surface area (Å²) in [4.78, 5) is 17.8. The summed E-state index contributed by atoms with van der Waals surface area (Å²) in [5.41, 5.74) is 2.97. The summed E-state index contributed by atoms with van der Waals surface area (Å²) in [6, 6.07) is 27.4. The van der Waals surface area contributed by atoms with Gasteiger partial charge in [0.1, 0.15) is 0 Å². The monoisotopic (exact) mass is 533 g/mol. The first-order valence-corrected chi connectivity index (χ1v) is 14.7. The lowest BCUT2D eigenvalue weighted by Gasteiger charge is -2.39. The molecular weight excluding hydrogens is 498 g/mol. The highest BCUT2D eigenvalue weighted by Gasteiger charge is 2.33. The summed E-state index contributed by atoms with van der Waals surface area (Å²) < 4.78 is 33.5. The van der Waals surface area contributed by atoms with E-state index >= 15 is 0 Å². The zero-order chi connectivity index (χ0) is 26.7. The summed E-state index contributed by atoms with van der Waals surface area (Å²) >= 11 is 0. The average molecular weight is 534 g/mol. The van der Waals surface area contributed by atoms with Crippen LogP contribution >= 0.6 is 0 Å². The molecule has 5 rings (SSSR count). The lowest BCUT2D eigenvalue weighted by Crippen LogP contribution is -2.49. The van der Waals surface area contributed by atoms with Gasteiger partial charge in [0.25, 0.3) is 5.91 Å². The Labute approximate surface area is 225 Å². The quantitative estimate of drug-likeness (QED) is 0.479. The smallest absolute Gasteiger partial charge is 0.253 e. The third-order valence-corrected chi connectivity index (χ3v) is 9.17. The van der Waals surface area contributed by atoms with E-state index < -0.39 is 10.0 Å². The van der Waals surface area contributed by atoms with Gasteiger partial charge in [0, 0.05) is 44.8 Å². The van der Waals surface area contributed by atoms with Crippen LogP contribution in [0.25, 0.3) is 0 Å². The maximum absolute atomic E-state index is 13.3. The van der Waals surface area contributed by atoms with Gasteiger partial charge < -0.3 is 9.64 Å². The number of carbonyl (C=O) groups is 1. The van der Waals surface area contributed by atoms with Crippen molar-refractivity contribution in [2.75, 3.05) is 39.3 Å². The van der Waals surface area contributed by atoms with E-state index in [1.807, 2.05) is 30.9 Å². The van der Waals surface area contributed by atoms with Crippen molar-refractivity contribution >= 4 is 15.9 Å². The Morgan fingerprint density at radius 1 is 0.763 bits per heavy atom. The van der Waals surface area contributed by atoms with E-state index in [0.717, 1.165) is 13.1 Å². The van der Waals surface area contributed by atoms with E-state index in [2.05, 4.69) is 53.4 Å². The molecule has 3 aromatic rings. The van der Waals surface area contributed by atoms with Gasteiger partial charge in [-0.2, -0.15) is 4.31 Å². The largest absolute Gasteiger partial charge is 0.373 e. The van der Waals surface area contributed by atoms with Crippen LogP contribution in [0.4, 0.5) is 0 Å². The van der Waals surface area contributed by atoms with Crippen molar-refractivity contribution in [2.45, 2.75) is 37.0 Å². The second kappa shape index (κ2) is 11.4. The van der Waals surface area contributed by atoms with Crippen LogP contribution in [0.2, 0.25) is 0 Å². The minimum atomic E-state index is -3.64. The number of morpholine rings is 1. The molecule has 0 unspecified atom stereocenters. The number of amides is 1. The molecule has 2 saturated heterocycles. The molecule has 0 aromatic heterocycles. The molecule has 200 valence electrons. The number of carbonyl (C=O) groups excluding carboxylic acids is 1. The Morgan fingerprint density at radius 3 is 1.76 bits per heavy atom. The van der Waals surface area contributed by atoms with Gasteiger partial charge in [-0.25, -0.2) is 8.42 Å². The van der Waals surface area contributed by atoms with Gasteiger partial charge in [-0.3, -0.25) is 9.69 Å². The maximum atomic E-state index is 13.3. The lowest BCUT2D eigenvalue weighted by atomic mass is 9.96. The number of piperazine rings is 1. The number of sulfonamides is 1. The fraction of sp³-hybridized carbons (Fsp3) is 0.367. The molecule has 2 aliphatic heterocycles. The molecule has 1 amide bonds. The first-order chi connectivity index (χ1) is 18.3. The van der Waals surface area contributed by atoms with Crippen LogP contribution in [0.5, 0.6) is 0 Å². The highest BCUT2D eigenvalue weighted by molar-refractivity contribution is 7.89. The standard InChI is InChI=1S/C30H35N3O4S/c1-23-21-33(22-24(2)37-23)38(35,36)28-15-13-27(14-16-28)30(34)32-19-17-31(18-20-32)29(25-9-5-3-6-10-25)26-11-7-4-8-12-26/h3-16,23-24,29H,17-22H2,1-2H3/t23-,24-/m0/s1. The molecule has 2 aliphatic rings. The zero-order valence-electron chi connectivity index (χ0n) is 21.9. The van der Waals surface area contributed by atoms with Crippen LogP contribution in [0.1, 0.15) is 41.4 Å². The van der Waals surface area contributed by atoms with Crippen molar-refractivity contribution in [3.63, 3.8) is 0 Å². The summed E-state index contributed by atoms with van der Waals surface area (Å²) in [6.07, 6.45) is -0.312. The first-order valence-electron chi connectivity index (χ1n) is 13.2. The SMILES string of the molecule is C[C@H]1CN(S(=O)(=O)c2ccc(C(=O)N3CCN(C(c4ccccc4)c4ccccc4)CC3)cc2)C[C@H](C)O1. The first kappa shape index (κ1) is 26.6. The number of benzene rings is 3. The molecule has 2 fully saturated rings. The van der Waals surface area contributed by atoms with Crippen LogP contribution in [0.15, 0.2) is 89.8 Å². The lowest BCUT2D eigenvalue weighted by molar-refractivity contribution is -0.0440. The van der Waals surface area contributed by atoms with E-state index in [1.54, 1.807) is 24.3 Å². The predicted octanol–water partition coefficient (Wildman–Crippen LogP) is 4.03. The Kier molecular flexibility index (Phi) is 7.95. The van der Waals surface area contributed by atoms with Gasteiger partial charge in [0.05, 0.1) is 23.1 Å². The number of hydrogen-bond acceptors (Lipinski definition) is 5. The molecule has 2 atom stereocenters. The Balaban J connectivity index is 1.26. The maximum Gasteiger partial charge on any atom is 0.253 e. The Hall–Kier alpha value is -3.04. The normalized spacial score (nSPS) is 21.5. The summed E-state index contributed by atoms with van der Waals surface area (Å²) in [5, 5.41) is 0. The van der Waals surface area contributed by atoms with Gasteiger partial charge >= 0.3 is 0 Å². The van der Waals surface area contributed by atoms with Crippen molar-refractivity contribution in [1.82, 2.24) is 14.1 Å². The molecule has 2 heterocycles. The van der Waals surface area contributed by atoms with Crippen molar-refractivity contribution in [1.29, 1.82) is 0 Å². The summed E-state index contributed by atoms with van der Waals surface area (Å²) in [7, 11) is -3.64. The number of ether oxygens (including phenoxy) is 1. The third-order valence-electron chi connectivity index (χ3n) is 7.32. The summed E-state index contributed by atoms with van der Waals surface area (Å²) in [6.45, 7) is 7.12. The van der Waals surface area contributed by atoms with Gasteiger partial charge in [-0.05, 0) is 49.2 Å². The van der Waals surface area contributed by atoms with E-state index in [1.165, 1.54) is 15.4 Å². The fourth-order valence-electron chi connectivity index (χ4n) is 5.50. The minimum Gasteiger partial charge on any atom is -0.373 e. The van der Waals surface area contributed by atoms with E-state index in [4.69, 9.17) is 4.74 Å². The fourth-order valence-corrected chi connectivity index (χ4v) is 7.09. The van der Waals surface area contributed by atoms with Crippen LogP contribution < -0.4 is 0 Å². The highest BCUT2D eigenvalue weighted by atomic mass is 32.2. The van der Waals surface area contributed by atoms with Crippen LogP contribution in [0, 0.1) is 0 Å². The molecule has 0 aliphatic carbocycles. The summed E-state index contributed by atoms with van der Waals surface area (Å²) in [5.74, 6) is -0.0711.